The van der Waals surface area contributed by atoms with E-state index in [-0.39, 0.29) is 11.1 Å². The first-order valence-electron chi connectivity index (χ1n) is 13.0. The predicted octanol–water partition coefficient (Wildman–Crippen LogP) is 1.48. The van der Waals surface area contributed by atoms with Gasteiger partial charge in [0.1, 0.15) is 24.4 Å². The second-order valence-corrected chi connectivity index (χ2v) is 10.4. The fourth-order valence-corrected chi connectivity index (χ4v) is 4.49. The van der Waals surface area contributed by atoms with E-state index in [2.05, 4.69) is 6.58 Å². The summed E-state index contributed by atoms with van der Waals surface area (Å²) in [7, 11) is 1.13. The molecule has 3 rings (SSSR count). The second-order valence-electron chi connectivity index (χ2n) is 10.4. The molecule has 0 bridgehead atoms. The third-order valence-corrected chi connectivity index (χ3v) is 7.44. The molecule has 0 radical (unpaired) electrons. The Morgan fingerprint density at radius 1 is 1.15 bits per heavy atom. The summed E-state index contributed by atoms with van der Waals surface area (Å²) < 4.78 is 32.8. The molecule has 0 spiro atoms. The lowest BCUT2D eigenvalue weighted by molar-refractivity contribution is -0.197. The van der Waals surface area contributed by atoms with Crippen molar-refractivity contribution in [1.29, 1.82) is 0 Å². The van der Waals surface area contributed by atoms with Gasteiger partial charge in [-0.15, -0.1) is 0 Å². The number of carbonyl (C=O) groups is 5. The van der Waals surface area contributed by atoms with Crippen molar-refractivity contribution in [2.45, 2.75) is 90.2 Å². The fraction of sp³-hybridized carbons (Fsp3) is 0.607. The summed E-state index contributed by atoms with van der Waals surface area (Å²) in [5.41, 5.74) is -2.00. The van der Waals surface area contributed by atoms with Gasteiger partial charge in [0, 0.05) is 12.5 Å². The first-order chi connectivity index (χ1) is 18.6. The zero-order valence-electron chi connectivity index (χ0n) is 23.6. The number of carbonyl (C=O) groups excluding carboxylic acids is 5. The topological polar surface area (TPSA) is 164 Å². The van der Waals surface area contributed by atoms with Crippen LogP contribution in [0.15, 0.2) is 35.5 Å². The zero-order chi connectivity index (χ0) is 30.1. The van der Waals surface area contributed by atoms with Crippen molar-refractivity contribution in [3.05, 3.63) is 35.5 Å². The molecule has 12 heteroatoms. The largest absolute Gasteiger partial charge is 0.466 e. The molecule has 220 valence electrons. The van der Waals surface area contributed by atoms with Crippen molar-refractivity contribution in [3.63, 3.8) is 0 Å². The summed E-state index contributed by atoms with van der Waals surface area (Å²) in [6.45, 7) is 12.4. The van der Waals surface area contributed by atoms with E-state index < -0.39 is 83.9 Å². The van der Waals surface area contributed by atoms with Gasteiger partial charge in [-0.3, -0.25) is 9.59 Å². The molecule has 1 aliphatic carbocycles. The lowest BCUT2D eigenvalue weighted by atomic mass is 9.83. The van der Waals surface area contributed by atoms with Crippen molar-refractivity contribution in [1.82, 2.24) is 0 Å². The highest BCUT2D eigenvalue weighted by molar-refractivity contribution is 5.93. The summed E-state index contributed by atoms with van der Waals surface area (Å²) in [5, 5.41) is 11.0. The predicted molar refractivity (Wildman–Crippen MR) is 136 cm³/mol. The van der Waals surface area contributed by atoms with Crippen LogP contribution in [0.3, 0.4) is 0 Å². The van der Waals surface area contributed by atoms with E-state index in [1.165, 1.54) is 13.0 Å². The Hall–Kier alpha value is -3.51. The number of aliphatic hydroxyl groups is 1. The first-order valence-corrected chi connectivity index (χ1v) is 13.0. The number of fused-ring (bicyclic) bond motifs is 2. The Kier molecular flexibility index (Phi) is 9.25. The normalized spacial score (nSPS) is 33.1. The van der Waals surface area contributed by atoms with Gasteiger partial charge >= 0.3 is 29.8 Å². The molecule has 2 fully saturated rings. The van der Waals surface area contributed by atoms with E-state index in [1.54, 1.807) is 26.8 Å². The number of rotatable bonds is 8. The summed E-state index contributed by atoms with van der Waals surface area (Å²) >= 11 is 0. The van der Waals surface area contributed by atoms with Gasteiger partial charge < -0.3 is 33.5 Å². The number of hydrogen-bond donors (Lipinski definition) is 1. The number of methoxy groups -OCH3 is 1. The summed E-state index contributed by atoms with van der Waals surface area (Å²) in [4.78, 5) is 63.8. The molecule has 1 N–H and O–H groups in total. The highest BCUT2D eigenvalue weighted by atomic mass is 16.6. The molecule has 2 aliphatic heterocycles. The maximum absolute atomic E-state index is 13.5. The van der Waals surface area contributed by atoms with Crippen molar-refractivity contribution >= 4 is 29.8 Å². The molecule has 40 heavy (non-hydrogen) atoms. The Bertz CT molecular complexity index is 1150. The lowest BCUT2D eigenvalue weighted by Crippen LogP contribution is -2.53. The molecule has 9 atom stereocenters. The van der Waals surface area contributed by atoms with Gasteiger partial charge in [0.15, 0.2) is 17.8 Å². The van der Waals surface area contributed by atoms with Crippen LogP contribution in [0.25, 0.3) is 0 Å². The van der Waals surface area contributed by atoms with Gasteiger partial charge in [0.25, 0.3) is 0 Å². The fourth-order valence-electron chi connectivity index (χ4n) is 4.49. The highest BCUT2D eigenvalue weighted by Crippen LogP contribution is 2.41. The zero-order valence-corrected chi connectivity index (χ0v) is 23.6. The Balaban J connectivity index is 2.20. The van der Waals surface area contributed by atoms with E-state index >= 15 is 0 Å². The molecule has 0 unspecified atom stereocenters. The van der Waals surface area contributed by atoms with Crippen LogP contribution in [0.1, 0.15) is 48.0 Å². The van der Waals surface area contributed by atoms with Gasteiger partial charge in [-0.1, -0.05) is 20.4 Å². The molecule has 3 aliphatic rings. The third kappa shape index (κ3) is 6.28. The Morgan fingerprint density at radius 3 is 2.38 bits per heavy atom. The molecule has 0 saturated carbocycles. The molecule has 0 aromatic carbocycles. The van der Waals surface area contributed by atoms with Gasteiger partial charge in [0.05, 0.1) is 24.5 Å². The number of ether oxygens (including phenoxy) is 6. The maximum Gasteiger partial charge on any atom is 0.342 e. The minimum Gasteiger partial charge on any atom is -0.466 e. The summed E-state index contributed by atoms with van der Waals surface area (Å²) in [5.74, 6) is -6.18. The molecule has 2 heterocycles. The molecular formula is C28H36O12. The number of esters is 5. The van der Waals surface area contributed by atoms with Gasteiger partial charge in [0.2, 0.25) is 0 Å². The Labute approximate surface area is 232 Å². The van der Waals surface area contributed by atoms with Crippen molar-refractivity contribution < 1.29 is 57.5 Å². The van der Waals surface area contributed by atoms with E-state index in [0.29, 0.717) is 12.0 Å². The van der Waals surface area contributed by atoms with E-state index in [4.69, 9.17) is 28.4 Å². The maximum atomic E-state index is 13.5. The molecule has 0 amide bonds. The lowest BCUT2D eigenvalue weighted by Gasteiger charge is -2.36. The monoisotopic (exact) mass is 564 g/mol. The summed E-state index contributed by atoms with van der Waals surface area (Å²) in [6.07, 6.45) is -3.22. The molecule has 0 aromatic rings. The quantitative estimate of drug-likeness (QED) is 0.149. The second kappa shape index (κ2) is 11.9. The SMILES string of the molecule is C=C1C(=O)O[C@@H]2/C=C(\C)[C@@H]3O[C@@H]3/C=C(/C(=O)OC)[C@H](OC(=O)[C@H](C)CC)[C@@H](OC(=O)[C@@](C)(O)[C@H](C)OC(C)=O)[C@H]12. The van der Waals surface area contributed by atoms with Crippen LogP contribution in [-0.4, -0.2) is 84.3 Å². The van der Waals surface area contributed by atoms with Crippen LogP contribution in [0.5, 0.6) is 0 Å². The molecular weight excluding hydrogens is 528 g/mol. The summed E-state index contributed by atoms with van der Waals surface area (Å²) in [6, 6.07) is 0. The van der Waals surface area contributed by atoms with Crippen LogP contribution in [-0.2, 0) is 52.4 Å². The molecule has 12 nitrogen and oxygen atoms in total. The van der Waals surface area contributed by atoms with Crippen LogP contribution in [0, 0.1) is 11.8 Å². The van der Waals surface area contributed by atoms with Gasteiger partial charge in [-0.25, -0.2) is 14.4 Å². The van der Waals surface area contributed by atoms with Crippen LogP contribution < -0.4 is 0 Å². The van der Waals surface area contributed by atoms with E-state index in [0.717, 1.165) is 21.0 Å². The Morgan fingerprint density at radius 2 is 1.80 bits per heavy atom. The standard InChI is InChI=1S/C28H36O12/c1-9-12(2)24(30)39-22-17(26(32)35-8)11-19-21(37-19)13(3)10-18-20(14(4)25(31)38-18)23(22)40-27(33)28(7,34)15(5)36-16(6)29/h10-12,15,18-23,34H,4,9H2,1-3,5-8H3/b13-10+,17-11+/t12-,15+,18-,19-,20-,21+,22+,23+,28+/m1/s1. The van der Waals surface area contributed by atoms with Gasteiger partial charge in [-0.2, -0.15) is 0 Å². The first kappa shape index (κ1) is 31.0. The third-order valence-electron chi connectivity index (χ3n) is 7.44. The average Bonchev–Trinajstić information content (AvgIpc) is 3.61. The average molecular weight is 565 g/mol. The number of epoxide rings is 1. The van der Waals surface area contributed by atoms with Crippen LogP contribution in [0.2, 0.25) is 0 Å². The minimum absolute atomic E-state index is 0.109. The van der Waals surface area contributed by atoms with Crippen LogP contribution in [0.4, 0.5) is 0 Å². The number of hydrogen-bond acceptors (Lipinski definition) is 12. The molecule has 2 saturated heterocycles. The van der Waals surface area contributed by atoms with Gasteiger partial charge in [-0.05, 0) is 44.9 Å². The van der Waals surface area contributed by atoms with Crippen molar-refractivity contribution in [2.75, 3.05) is 7.11 Å². The molecule has 0 aromatic heterocycles. The van der Waals surface area contributed by atoms with Crippen molar-refractivity contribution in [3.8, 4) is 0 Å². The van der Waals surface area contributed by atoms with Crippen LogP contribution >= 0.6 is 0 Å². The van der Waals surface area contributed by atoms with Crippen molar-refractivity contribution in [2.24, 2.45) is 11.8 Å². The van der Waals surface area contributed by atoms with E-state index in [1.807, 2.05) is 0 Å². The minimum atomic E-state index is -2.38. The smallest absolute Gasteiger partial charge is 0.342 e. The van der Waals surface area contributed by atoms with E-state index in [9.17, 15) is 29.1 Å². The highest BCUT2D eigenvalue weighted by Gasteiger charge is 2.54.